The molecule has 1 saturated carbocycles. The summed E-state index contributed by atoms with van der Waals surface area (Å²) in [5.74, 6) is 1.73. The van der Waals surface area contributed by atoms with Gasteiger partial charge in [-0.15, -0.1) is 0 Å². The number of nitrogens with one attached hydrogen (secondary N) is 1. The van der Waals surface area contributed by atoms with E-state index in [9.17, 15) is 4.79 Å². The monoisotopic (exact) mass is 351 g/mol. The minimum Gasteiger partial charge on any atom is -0.493 e. The van der Waals surface area contributed by atoms with Crippen LogP contribution in [-0.4, -0.2) is 23.4 Å². The van der Waals surface area contributed by atoms with Gasteiger partial charge in [0, 0.05) is 17.3 Å². The van der Waals surface area contributed by atoms with E-state index in [-0.39, 0.29) is 11.4 Å². The molecule has 0 radical (unpaired) electrons. The van der Waals surface area contributed by atoms with E-state index in [1.54, 1.807) is 0 Å². The van der Waals surface area contributed by atoms with Crippen LogP contribution in [-0.2, 0) is 6.42 Å². The SMILES string of the molecule is CC1CCC(CBr)(NC(=O)c2ccc3c(c2)CCO3)CC1. The second-order valence-electron chi connectivity index (χ2n) is 6.47. The summed E-state index contributed by atoms with van der Waals surface area (Å²) in [5, 5.41) is 4.11. The normalized spacial score (nSPS) is 27.8. The van der Waals surface area contributed by atoms with Crippen molar-refractivity contribution < 1.29 is 9.53 Å². The fraction of sp³-hybridized carbons (Fsp3) is 0.588. The zero-order valence-corrected chi connectivity index (χ0v) is 14.0. The molecule has 0 bridgehead atoms. The van der Waals surface area contributed by atoms with Crippen LogP contribution in [0.15, 0.2) is 18.2 Å². The summed E-state index contributed by atoms with van der Waals surface area (Å²) in [6.45, 7) is 3.02. The summed E-state index contributed by atoms with van der Waals surface area (Å²) < 4.78 is 5.50. The van der Waals surface area contributed by atoms with Crippen molar-refractivity contribution in [3.8, 4) is 5.75 Å². The smallest absolute Gasteiger partial charge is 0.251 e. The summed E-state index contributed by atoms with van der Waals surface area (Å²) in [6, 6.07) is 5.76. The van der Waals surface area contributed by atoms with Gasteiger partial charge in [0.25, 0.3) is 5.91 Å². The Labute approximate surface area is 134 Å². The average molecular weight is 352 g/mol. The second-order valence-corrected chi connectivity index (χ2v) is 7.03. The van der Waals surface area contributed by atoms with Crippen molar-refractivity contribution in [2.45, 2.75) is 44.6 Å². The summed E-state index contributed by atoms with van der Waals surface area (Å²) in [7, 11) is 0. The molecule has 1 fully saturated rings. The Hall–Kier alpha value is -1.03. The summed E-state index contributed by atoms with van der Waals surface area (Å²) >= 11 is 3.60. The highest BCUT2D eigenvalue weighted by molar-refractivity contribution is 9.09. The molecule has 21 heavy (non-hydrogen) atoms. The molecule has 4 heteroatoms. The van der Waals surface area contributed by atoms with Gasteiger partial charge in [-0.05, 0) is 55.4 Å². The van der Waals surface area contributed by atoms with Gasteiger partial charge < -0.3 is 10.1 Å². The highest BCUT2D eigenvalue weighted by Gasteiger charge is 2.35. The first-order valence-corrected chi connectivity index (χ1v) is 8.88. The molecule has 1 aromatic carbocycles. The molecule has 0 spiro atoms. The number of amides is 1. The number of fused-ring (bicyclic) bond motifs is 1. The highest BCUT2D eigenvalue weighted by Crippen LogP contribution is 2.34. The summed E-state index contributed by atoms with van der Waals surface area (Å²) in [5.41, 5.74) is 1.81. The lowest BCUT2D eigenvalue weighted by atomic mass is 9.78. The molecule has 3 nitrogen and oxygen atoms in total. The van der Waals surface area contributed by atoms with E-state index in [1.807, 2.05) is 18.2 Å². The Balaban J connectivity index is 1.73. The lowest BCUT2D eigenvalue weighted by Crippen LogP contribution is -2.52. The van der Waals surface area contributed by atoms with E-state index in [0.29, 0.717) is 0 Å². The minimum atomic E-state index is -0.0842. The number of carbonyl (C=O) groups is 1. The van der Waals surface area contributed by atoms with Crippen LogP contribution in [0, 0.1) is 5.92 Å². The van der Waals surface area contributed by atoms with Crippen LogP contribution >= 0.6 is 15.9 Å². The molecule has 0 saturated heterocycles. The zero-order chi connectivity index (χ0) is 14.9. The van der Waals surface area contributed by atoms with Crippen molar-refractivity contribution in [3.63, 3.8) is 0 Å². The zero-order valence-electron chi connectivity index (χ0n) is 12.5. The summed E-state index contributed by atoms with van der Waals surface area (Å²) in [6.07, 6.45) is 5.38. The van der Waals surface area contributed by atoms with Crippen molar-refractivity contribution in [1.29, 1.82) is 0 Å². The molecular weight excluding hydrogens is 330 g/mol. The van der Waals surface area contributed by atoms with Gasteiger partial charge >= 0.3 is 0 Å². The third kappa shape index (κ3) is 3.10. The first-order valence-electron chi connectivity index (χ1n) is 7.76. The average Bonchev–Trinajstić information content (AvgIpc) is 2.97. The summed E-state index contributed by atoms with van der Waals surface area (Å²) in [4.78, 5) is 12.6. The Bertz CT molecular complexity index is 536. The molecule has 1 N–H and O–H groups in total. The highest BCUT2D eigenvalue weighted by atomic mass is 79.9. The maximum atomic E-state index is 12.6. The number of halogens is 1. The molecule has 0 unspecified atom stereocenters. The standard InChI is InChI=1S/C17H22BrNO2/c1-12-4-7-17(11-18,8-5-12)19-16(20)14-2-3-15-13(10-14)6-9-21-15/h2-3,10,12H,4-9,11H2,1H3,(H,19,20). The number of rotatable bonds is 3. The lowest BCUT2D eigenvalue weighted by Gasteiger charge is -2.39. The molecule has 3 rings (SSSR count). The lowest BCUT2D eigenvalue weighted by molar-refractivity contribution is 0.0874. The fourth-order valence-corrected chi connectivity index (χ4v) is 3.95. The van der Waals surface area contributed by atoms with E-state index in [4.69, 9.17) is 4.74 Å². The number of benzene rings is 1. The van der Waals surface area contributed by atoms with Crippen LogP contribution in [0.3, 0.4) is 0 Å². The Morgan fingerprint density at radius 1 is 1.43 bits per heavy atom. The molecule has 1 aliphatic carbocycles. The van der Waals surface area contributed by atoms with E-state index < -0.39 is 0 Å². The van der Waals surface area contributed by atoms with Crippen LogP contribution in [0.5, 0.6) is 5.75 Å². The van der Waals surface area contributed by atoms with Crippen LogP contribution in [0.1, 0.15) is 48.5 Å². The van der Waals surface area contributed by atoms with E-state index in [0.717, 1.165) is 54.0 Å². The van der Waals surface area contributed by atoms with Gasteiger partial charge in [0.1, 0.15) is 5.75 Å². The number of hydrogen-bond donors (Lipinski definition) is 1. The number of alkyl halides is 1. The Morgan fingerprint density at radius 2 is 2.19 bits per heavy atom. The molecule has 114 valence electrons. The number of carbonyl (C=O) groups excluding carboxylic acids is 1. The molecule has 1 aromatic rings. The van der Waals surface area contributed by atoms with Crippen molar-refractivity contribution in [2.75, 3.05) is 11.9 Å². The van der Waals surface area contributed by atoms with Gasteiger partial charge in [-0.25, -0.2) is 0 Å². The second kappa shape index (κ2) is 5.99. The molecular formula is C17H22BrNO2. The van der Waals surface area contributed by atoms with Gasteiger partial charge in [0.05, 0.1) is 12.1 Å². The van der Waals surface area contributed by atoms with Gasteiger partial charge in [-0.1, -0.05) is 22.9 Å². The number of hydrogen-bond acceptors (Lipinski definition) is 2. The Kier molecular flexibility index (Phi) is 4.25. The van der Waals surface area contributed by atoms with Gasteiger partial charge in [-0.3, -0.25) is 4.79 Å². The number of ether oxygens (including phenoxy) is 1. The topological polar surface area (TPSA) is 38.3 Å². The van der Waals surface area contributed by atoms with Crippen LogP contribution in [0.25, 0.3) is 0 Å². The largest absolute Gasteiger partial charge is 0.493 e. The van der Waals surface area contributed by atoms with Crippen molar-refractivity contribution in [2.24, 2.45) is 5.92 Å². The van der Waals surface area contributed by atoms with E-state index in [1.165, 1.54) is 12.8 Å². The van der Waals surface area contributed by atoms with E-state index >= 15 is 0 Å². The molecule has 1 aliphatic heterocycles. The first-order chi connectivity index (χ1) is 10.1. The van der Waals surface area contributed by atoms with Gasteiger partial charge in [-0.2, -0.15) is 0 Å². The Morgan fingerprint density at radius 3 is 2.90 bits per heavy atom. The first kappa shape index (κ1) is 14.9. The van der Waals surface area contributed by atoms with Crippen LogP contribution in [0.2, 0.25) is 0 Å². The van der Waals surface area contributed by atoms with Gasteiger partial charge in [0.15, 0.2) is 0 Å². The third-order valence-electron chi connectivity index (χ3n) is 4.82. The van der Waals surface area contributed by atoms with Gasteiger partial charge in [0.2, 0.25) is 0 Å². The molecule has 1 heterocycles. The quantitative estimate of drug-likeness (QED) is 0.843. The maximum absolute atomic E-state index is 12.6. The molecule has 0 atom stereocenters. The van der Waals surface area contributed by atoms with Crippen molar-refractivity contribution in [3.05, 3.63) is 29.3 Å². The molecule has 1 amide bonds. The molecule has 2 aliphatic rings. The van der Waals surface area contributed by atoms with Crippen molar-refractivity contribution >= 4 is 21.8 Å². The molecule has 0 aromatic heterocycles. The fourth-order valence-electron chi connectivity index (χ4n) is 3.25. The van der Waals surface area contributed by atoms with Crippen LogP contribution in [0.4, 0.5) is 0 Å². The minimum absolute atomic E-state index is 0.0405. The maximum Gasteiger partial charge on any atom is 0.251 e. The van der Waals surface area contributed by atoms with Crippen molar-refractivity contribution in [1.82, 2.24) is 5.32 Å². The third-order valence-corrected chi connectivity index (χ3v) is 5.89. The predicted octanol–water partition coefficient (Wildman–Crippen LogP) is 3.70. The van der Waals surface area contributed by atoms with E-state index in [2.05, 4.69) is 28.2 Å². The predicted molar refractivity (Wildman–Crippen MR) is 87.3 cm³/mol. The van der Waals surface area contributed by atoms with Crippen LogP contribution < -0.4 is 10.1 Å².